The van der Waals surface area contributed by atoms with Gasteiger partial charge in [0.25, 0.3) is 0 Å². The summed E-state index contributed by atoms with van der Waals surface area (Å²) in [6.07, 6.45) is 1.94. The van der Waals surface area contributed by atoms with Crippen LogP contribution in [0.3, 0.4) is 0 Å². The first-order valence-corrected chi connectivity index (χ1v) is 5.89. The van der Waals surface area contributed by atoms with E-state index in [1.165, 1.54) is 23.9 Å². The van der Waals surface area contributed by atoms with E-state index in [4.69, 9.17) is 5.11 Å². The van der Waals surface area contributed by atoms with Gasteiger partial charge in [-0.2, -0.15) is 0 Å². The van der Waals surface area contributed by atoms with Crippen LogP contribution in [-0.2, 0) is 6.61 Å². The van der Waals surface area contributed by atoms with Crippen molar-refractivity contribution < 1.29 is 13.9 Å². The summed E-state index contributed by atoms with van der Waals surface area (Å²) in [6, 6.07) is 2.36. The van der Waals surface area contributed by atoms with Crippen molar-refractivity contribution in [3.05, 3.63) is 29.3 Å². The van der Waals surface area contributed by atoms with Crippen LogP contribution in [0.5, 0.6) is 0 Å². The second kappa shape index (κ2) is 6.08. The average Bonchev–Trinajstić information content (AvgIpc) is 2.22. The van der Waals surface area contributed by atoms with Crippen LogP contribution in [0, 0.1) is 11.6 Å². The second-order valence-electron chi connectivity index (χ2n) is 3.25. The molecule has 0 atom stereocenters. The standard InChI is InChI=1S/C11H14F2OS/c1-2-3-4-15-11-9(12)5-8(7-14)6-10(11)13/h5-6,14H,2-4,7H2,1H3. The summed E-state index contributed by atoms with van der Waals surface area (Å²) in [7, 11) is 0. The van der Waals surface area contributed by atoms with Gasteiger partial charge in [-0.15, -0.1) is 11.8 Å². The monoisotopic (exact) mass is 232 g/mol. The number of benzene rings is 1. The van der Waals surface area contributed by atoms with Gasteiger partial charge < -0.3 is 5.11 Å². The van der Waals surface area contributed by atoms with Gasteiger partial charge in [0.2, 0.25) is 0 Å². The van der Waals surface area contributed by atoms with E-state index in [0.29, 0.717) is 5.75 Å². The molecule has 4 heteroatoms. The first-order chi connectivity index (χ1) is 7.19. The quantitative estimate of drug-likeness (QED) is 0.620. The van der Waals surface area contributed by atoms with Gasteiger partial charge in [-0.1, -0.05) is 13.3 Å². The number of rotatable bonds is 5. The molecule has 0 heterocycles. The zero-order valence-electron chi connectivity index (χ0n) is 8.59. The first-order valence-electron chi connectivity index (χ1n) is 4.90. The van der Waals surface area contributed by atoms with E-state index in [1.54, 1.807) is 0 Å². The highest BCUT2D eigenvalue weighted by Crippen LogP contribution is 2.27. The second-order valence-corrected chi connectivity index (χ2v) is 4.35. The predicted octanol–water partition coefficient (Wildman–Crippen LogP) is 3.35. The van der Waals surface area contributed by atoms with Crippen LogP contribution in [0.1, 0.15) is 25.3 Å². The van der Waals surface area contributed by atoms with Gasteiger partial charge in [-0.25, -0.2) is 8.78 Å². The van der Waals surface area contributed by atoms with Gasteiger partial charge in [-0.05, 0) is 29.9 Å². The van der Waals surface area contributed by atoms with Gasteiger partial charge >= 0.3 is 0 Å². The van der Waals surface area contributed by atoms with Crippen molar-refractivity contribution >= 4 is 11.8 Å². The van der Waals surface area contributed by atoms with E-state index in [1.807, 2.05) is 6.92 Å². The molecular weight excluding hydrogens is 218 g/mol. The molecule has 15 heavy (non-hydrogen) atoms. The SMILES string of the molecule is CCCCSc1c(F)cc(CO)cc1F. The molecule has 0 aliphatic heterocycles. The lowest BCUT2D eigenvalue weighted by Crippen LogP contribution is -1.93. The van der Waals surface area contributed by atoms with E-state index in [0.717, 1.165) is 12.8 Å². The molecule has 1 aromatic carbocycles. The fourth-order valence-electron chi connectivity index (χ4n) is 1.16. The zero-order chi connectivity index (χ0) is 11.3. The summed E-state index contributed by atoms with van der Waals surface area (Å²) in [5, 5.41) is 8.75. The fraction of sp³-hybridized carbons (Fsp3) is 0.455. The minimum atomic E-state index is -0.583. The molecule has 1 rings (SSSR count). The topological polar surface area (TPSA) is 20.2 Å². The van der Waals surface area contributed by atoms with Gasteiger partial charge in [0.15, 0.2) is 0 Å². The molecule has 0 fully saturated rings. The van der Waals surface area contributed by atoms with Crippen LogP contribution in [0.4, 0.5) is 8.78 Å². The maximum atomic E-state index is 13.4. The third-order valence-corrected chi connectivity index (χ3v) is 3.16. The van der Waals surface area contributed by atoms with Crippen molar-refractivity contribution in [1.29, 1.82) is 0 Å². The molecule has 0 bridgehead atoms. The molecule has 0 saturated heterocycles. The fourth-order valence-corrected chi connectivity index (χ4v) is 2.19. The summed E-state index contributed by atoms with van der Waals surface area (Å²) in [5.41, 5.74) is 0.268. The molecule has 0 aromatic heterocycles. The number of halogens is 2. The van der Waals surface area contributed by atoms with Gasteiger partial charge in [0, 0.05) is 0 Å². The Bertz CT molecular complexity index is 305. The Balaban J connectivity index is 2.79. The van der Waals surface area contributed by atoms with Crippen molar-refractivity contribution in [2.75, 3.05) is 5.75 Å². The van der Waals surface area contributed by atoms with Crippen LogP contribution in [0.2, 0.25) is 0 Å². The lowest BCUT2D eigenvalue weighted by molar-refractivity contribution is 0.280. The number of hydrogen-bond acceptors (Lipinski definition) is 2. The molecule has 0 radical (unpaired) electrons. The van der Waals surface area contributed by atoms with E-state index in [2.05, 4.69) is 0 Å². The Kier molecular flexibility index (Phi) is 5.05. The van der Waals surface area contributed by atoms with Crippen molar-refractivity contribution in [3.8, 4) is 0 Å². The number of aliphatic hydroxyl groups excluding tert-OH is 1. The summed E-state index contributed by atoms with van der Waals surface area (Å²) in [5.74, 6) is -0.455. The largest absolute Gasteiger partial charge is 0.392 e. The van der Waals surface area contributed by atoms with E-state index < -0.39 is 11.6 Å². The summed E-state index contributed by atoms with van der Waals surface area (Å²) in [6.45, 7) is 1.69. The lowest BCUT2D eigenvalue weighted by Gasteiger charge is -2.06. The minimum Gasteiger partial charge on any atom is -0.392 e. The number of unbranched alkanes of at least 4 members (excludes halogenated alkanes) is 1. The van der Waals surface area contributed by atoms with Crippen molar-refractivity contribution in [2.45, 2.75) is 31.3 Å². The highest BCUT2D eigenvalue weighted by atomic mass is 32.2. The Labute approximate surface area is 92.5 Å². The van der Waals surface area contributed by atoms with Crippen molar-refractivity contribution in [3.63, 3.8) is 0 Å². The maximum Gasteiger partial charge on any atom is 0.140 e. The molecule has 0 aliphatic rings. The third-order valence-electron chi connectivity index (χ3n) is 1.98. The average molecular weight is 232 g/mol. The molecule has 1 aromatic rings. The molecule has 1 nitrogen and oxygen atoms in total. The van der Waals surface area contributed by atoms with Crippen molar-refractivity contribution in [1.82, 2.24) is 0 Å². The van der Waals surface area contributed by atoms with Crippen LogP contribution in [-0.4, -0.2) is 10.9 Å². The summed E-state index contributed by atoms with van der Waals surface area (Å²) >= 11 is 1.19. The highest BCUT2D eigenvalue weighted by Gasteiger charge is 2.10. The molecule has 0 saturated carbocycles. The number of thioether (sulfide) groups is 1. The smallest absolute Gasteiger partial charge is 0.140 e. The molecule has 84 valence electrons. The minimum absolute atomic E-state index is 0.0562. The highest BCUT2D eigenvalue weighted by molar-refractivity contribution is 7.99. The Morgan fingerprint density at radius 1 is 1.27 bits per heavy atom. The van der Waals surface area contributed by atoms with E-state index >= 15 is 0 Å². The van der Waals surface area contributed by atoms with Crippen LogP contribution < -0.4 is 0 Å². The maximum absolute atomic E-state index is 13.4. The van der Waals surface area contributed by atoms with Gasteiger partial charge in [0.1, 0.15) is 11.6 Å². The number of hydrogen-bond donors (Lipinski definition) is 1. The predicted molar refractivity (Wildman–Crippen MR) is 57.9 cm³/mol. The lowest BCUT2D eigenvalue weighted by atomic mass is 10.2. The molecule has 0 amide bonds. The van der Waals surface area contributed by atoms with Crippen LogP contribution in [0.15, 0.2) is 17.0 Å². The van der Waals surface area contributed by atoms with Crippen molar-refractivity contribution in [2.24, 2.45) is 0 Å². The van der Waals surface area contributed by atoms with Crippen LogP contribution >= 0.6 is 11.8 Å². The molecular formula is C11H14F2OS. The summed E-state index contributed by atoms with van der Waals surface area (Å²) in [4.78, 5) is 0.0562. The Morgan fingerprint density at radius 3 is 2.33 bits per heavy atom. The summed E-state index contributed by atoms with van der Waals surface area (Å²) < 4.78 is 26.7. The normalized spacial score (nSPS) is 10.7. The number of aliphatic hydroxyl groups is 1. The van der Waals surface area contributed by atoms with Gasteiger partial charge in [0.05, 0.1) is 11.5 Å². The van der Waals surface area contributed by atoms with Crippen LogP contribution in [0.25, 0.3) is 0 Å². The Hall–Kier alpha value is -0.610. The first kappa shape index (κ1) is 12.5. The van der Waals surface area contributed by atoms with E-state index in [-0.39, 0.29) is 17.1 Å². The molecule has 1 N–H and O–H groups in total. The van der Waals surface area contributed by atoms with Gasteiger partial charge in [-0.3, -0.25) is 0 Å². The Morgan fingerprint density at radius 2 is 1.87 bits per heavy atom. The zero-order valence-corrected chi connectivity index (χ0v) is 9.41. The third kappa shape index (κ3) is 3.47. The van der Waals surface area contributed by atoms with E-state index in [9.17, 15) is 8.78 Å². The molecule has 0 unspecified atom stereocenters. The molecule has 0 aliphatic carbocycles. The molecule has 0 spiro atoms.